The number of halogens is 1. The number of carbonyl (C=O) groups excluding carboxylic acids is 2. The van der Waals surface area contributed by atoms with E-state index in [2.05, 4.69) is 14.8 Å². The second kappa shape index (κ2) is 8.43. The molecule has 0 spiro atoms. The smallest absolute Gasteiger partial charge is 0.337 e. The van der Waals surface area contributed by atoms with E-state index < -0.39 is 22.0 Å². The zero-order chi connectivity index (χ0) is 17.0. The molecule has 1 heterocycles. The van der Waals surface area contributed by atoms with E-state index in [-0.39, 0.29) is 28.4 Å². The summed E-state index contributed by atoms with van der Waals surface area (Å²) < 4.78 is 35.9. The maximum atomic E-state index is 12.7. The predicted molar refractivity (Wildman–Crippen MR) is 88.0 cm³/mol. The molecule has 1 aliphatic rings. The van der Waals surface area contributed by atoms with Crippen LogP contribution in [0.3, 0.4) is 0 Å². The lowest BCUT2D eigenvalue weighted by Gasteiger charge is -2.26. The van der Waals surface area contributed by atoms with Crippen molar-refractivity contribution in [2.75, 3.05) is 40.4 Å². The topological polar surface area (TPSA) is 102 Å². The lowest BCUT2D eigenvalue weighted by molar-refractivity contribution is 0.0598. The van der Waals surface area contributed by atoms with Gasteiger partial charge in [-0.25, -0.2) is 18.0 Å². The molecule has 0 radical (unpaired) electrons. The summed E-state index contributed by atoms with van der Waals surface area (Å²) in [5.74, 6) is -1.46. The first-order valence-corrected chi connectivity index (χ1v) is 8.36. The third-order valence-electron chi connectivity index (χ3n) is 3.46. The quantitative estimate of drug-likeness (QED) is 0.750. The van der Waals surface area contributed by atoms with Crippen LogP contribution in [0.25, 0.3) is 0 Å². The van der Waals surface area contributed by atoms with Gasteiger partial charge in [-0.15, -0.1) is 12.4 Å². The van der Waals surface area contributed by atoms with Crippen LogP contribution < -0.4 is 5.32 Å². The van der Waals surface area contributed by atoms with Gasteiger partial charge in [-0.2, -0.15) is 4.31 Å². The largest absolute Gasteiger partial charge is 0.465 e. The number of ether oxygens (including phenoxy) is 2. The minimum atomic E-state index is -3.81. The Morgan fingerprint density at radius 1 is 1.00 bits per heavy atom. The molecule has 0 bridgehead atoms. The monoisotopic (exact) mass is 378 g/mol. The van der Waals surface area contributed by atoms with Crippen LogP contribution in [0.4, 0.5) is 0 Å². The third kappa shape index (κ3) is 4.23. The van der Waals surface area contributed by atoms with E-state index in [1.54, 1.807) is 0 Å². The normalized spacial score (nSPS) is 15.2. The number of benzene rings is 1. The maximum Gasteiger partial charge on any atom is 0.337 e. The second-order valence-corrected chi connectivity index (χ2v) is 6.82. The van der Waals surface area contributed by atoms with Gasteiger partial charge in [-0.05, 0) is 18.2 Å². The van der Waals surface area contributed by atoms with Gasteiger partial charge in [0.2, 0.25) is 10.0 Å². The fraction of sp³-hybridized carbons (Fsp3) is 0.429. The molecule has 1 aliphatic heterocycles. The van der Waals surface area contributed by atoms with E-state index >= 15 is 0 Å². The van der Waals surface area contributed by atoms with Crippen LogP contribution in [0, 0.1) is 0 Å². The van der Waals surface area contributed by atoms with Crippen LogP contribution >= 0.6 is 12.4 Å². The van der Waals surface area contributed by atoms with Crippen molar-refractivity contribution in [1.29, 1.82) is 0 Å². The van der Waals surface area contributed by atoms with Crippen LogP contribution in [0.5, 0.6) is 0 Å². The van der Waals surface area contributed by atoms with E-state index in [0.29, 0.717) is 26.2 Å². The number of methoxy groups -OCH3 is 2. The number of hydrogen-bond donors (Lipinski definition) is 1. The van der Waals surface area contributed by atoms with Crippen molar-refractivity contribution in [3.63, 3.8) is 0 Å². The van der Waals surface area contributed by atoms with Crippen LogP contribution in [-0.2, 0) is 19.5 Å². The summed E-state index contributed by atoms with van der Waals surface area (Å²) in [7, 11) is -1.46. The molecule has 8 nitrogen and oxygen atoms in total. The van der Waals surface area contributed by atoms with Gasteiger partial charge in [0, 0.05) is 26.2 Å². The van der Waals surface area contributed by atoms with Gasteiger partial charge in [0.05, 0.1) is 30.2 Å². The van der Waals surface area contributed by atoms with Crippen LogP contribution in [0.2, 0.25) is 0 Å². The van der Waals surface area contributed by atoms with Crippen LogP contribution in [0.15, 0.2) is 23.1 Å². The van der Waals surface area contributed by atoms with Crippen molar-refractivity contribution >= 4 is 34.4 Å². The van der Waals surface area contributed by atoms with Crippen molar-refractivity contribution in [3.8, 4) is 0 Å². The number of rotatable bonds is 4. The zero-order valence-corrected chi connectivity index (χ0v) is 14.9. The molecule has 0 atom stereocenters. The standard InChI is InChI=1S/C14H18N2O6S.ClH/c1-21-13(17)10-7-11(14(18)22-2)9-12(8-10)23(19,20)16-5-3-15-4-6-16;/h7-9,15H,3-6H2,1-2H3;1H. The number of piperazine rings is 1. The first-order valence-electron chi connectivity index (χ1n) is 6.92. The number of hydrogen-bond acceptors (Lipinski definition) is 7. The second-order valence-electron chi connectivity index (χ2n) is 4.88. The molecule has 1 saturated heterocycles. The predicted octanol–water partition coefficient (Wildman–Crippen LogP) is 0.276. The van der Waals surface area contributed by atoms with E-state index in [1.807, 2.05) is 0 Å². The molecule has 1 N–H and O–H groups in total. The van der Waals surface area contributed by atoms with Crippen molar-refractivity contribution in [2.45, 2.75) is 4.90 Å². The number of nitrogens with one attached hydrogen (secondary N) is 1. The Hall–Kier alpha value is -1.68. The Kier molecular flexibility index (Phi) is 7.15. The van der Waals surface area contributed by atoms with Gasteiger partial charge in [-0.1, -0.05) is 0 Å². The summed E-state index contributed by atoms with van der Waals surface area (Å²) >= 11 is 0. The lowest BCUT2D eigenvalue weighted by Crippen LogP contribution is -2.46. The first-order chi connectivity index (χ1) is 10.9. The van der Waals surface area contributed by atoms with Crippen molar-refractivity contribution in [2.24, 2.45) is 0 Å². The van der Waals surface area contributed by atoms with Gasteiger partial charge in [0.25, 0.3) is 0 Å². The fourth-order valence-corrected chi connectivity index (χ4v) is 3.77. The molecule has 0 aromatic heterocycles. The Labute approximate surface area is 146 Å². The van der Waals surface area contributed by atoms with E-state index in [4.69, 9.17) is 0 Å². The highest BCUT2D eigenvalue weighted by molar-refractivity contribution is 7.89. The Bertz CT molecular complexity index is 682. The Balaban J connectivity index is 0.00000288. The summed E-state index contributed by atoms with van der Waals surface area (Å²) in [6.07, 6.45) is 0. The highest BCUT2D eigenvalue weighted by Crippen LogP contribution is 2.21. The molecular formula is C14H19ClN2O6S. The lowest BCUT2D eigenvalue weighted by atomic mass is 10.1. The number of esters is 2. The molecule has 10 heteroatoms. The SMILES string of the molecule is COC(=O)c1cc(C(=O)OC)cc(S(=O)(=O)N2CCNCC2)c1.Cl. The maximum absolute atomic E-state index is 12.7. The molecule has 1 aromatic rings. The zero-order valence-electron chi connectivity index (χ0n) is 13.3. The Morgan fingerprint density at radius 2 is 1.46 bits per heavy atom. The number of sulfonamides is 1. The van der Waals surface area contributed by atoms with Crippen molar-refractivity contribution in [3.05, 3.63) is 29.3 Å². The molecule has 1 fully saturated rings. The molecule has 0 aliphatic carbocycles. The molecule has 24 heavy (non-hydrogen) atoms. The molecule has 2 rings (SSSR count). The van der Waals surface area contributed by atoms with E-state index in [9.17, 15) is 18.0 Å². The van der Waals surface area contributed by atoms with Crippen molar-refractivity contribution in [1.82, 2.24) is 9.62 Å². The van der Waals surface area contributed by atoms with Gasteiger partial charge in [0.15, 0.2) is 0 Å². The van der Waals surface area contributed by atoms with Crippen molar-refractivity contribution < 1.29 is 27.5 Å². The Morgan fingerprint density at radius 3 is 1.88 bits per heavy atom. The van der Waals surface area contributed by atoms with Gasteiger partial charge in [-0.3, -0.25) is 0 Å². The highest BCUT2D eigenvalue weighted by Gasteiger charge is 2.28. The summed E-state index contributed by atoms with van der Waals surface area (Å²) in [4.78, 5) is 23.3. The van der Waals surface area contributed by atoms with E-state index in [0.717, 1.165) is 0 Å². The average Bonchev–Trinajstić information content (AvgIpc) is 2.60. The first kappa shape index (κ1) is 20.4. The molecule has 0 amide bonds. The summed E-state index contributed by atoms with van der Waals surface area (Å²) in [5.41, 5.74) is -0.0479. The van der Waals surface area contributed by atoms with Gasteiger partial charge >= 0.3 is 11.9 Å². The molecular weight excluding hydrogens is 360 g/mol. The summed E-state index contributed by atoms with van der Waals surface area (Å²) in [6.45, 7) is 1.72. The van der Waals surface area contributed by atoms with Gasteiger partial charge < -0.3 is 14.8 Å². The number of carbonyl (C=O) groups is 2. The number of nitrogens with zero attached hydrogens (tertiary/aromatic N) is 1. The van der Waals surface area contributed by atoms with E-state index in [1.165, 1.54) is 36.7 Å². The molecule has 0 unspecified atom stereocenters. The average molecular weight is 379 g/mol. The molecule has 1 aromatic carbocycles. The van der Waals surface area contributed by atoms with Gasteiger partial charge in [0.1, 0.15) is 0 Å². The summed E-state index contributed by atoms with van der Waals surface area (Å²) in [6, 6.07) is 3.65. The highest BCUT2D eigenvalue weighted by atomic mass is 35.5. The minimum Gasteiger partial charge on any atom is -0.465 e. The third-order valence-corrected chi connectivity index (χ3v) is 5.34. The molecule has 134 valence electrons. The minimum absolute atomic E-state index is 0. The fourth-order valence-electron chi connectivity index (χ4n) is 2.25. The van der Waals surface area contributed by atoms with Crippen LogP contribution in [-0.4, -0.2) is 65.1 Å². The molecule has 0 saturated carbocycles. The summed E-state index contributed by atoms with van der Waals surface area (Å²) in [5, 5.41) is 3.06. The van der Waals surface area contributed by atoms with Crippen LogP contribution in [0.1, 0.15) is 20.7 Å².